The summed E-state index contributed by atoms with van der Waals surface area (Å²) < 4.78 is 3.55. The Hall–Kier alpha value is 0.340. The molecule has 0 fully saturated rings. The van der Waals surface area contributed by atoms with E-state index in [9.17, 15) is 4.79 Å². The molecule has 5 heteroatoms. The zero-order valence-electron chi connectivity index (χ0n) is 9.06. The van der Waals surface area contributed by atoms with Crippen molar-refractivity contribution in [2.75, 3.05) is 6.61 Å². The number of ether oxygens (including phenoxy) is 1. The van der Waals surface area contributed by atoms with Crippen LogP contribution in [0.5, 0.6) is 0 Å². The largest absolute Gasteiger partial charge is 0.466 e. The van der Waals surface area contributed by atoms with Gasteiger partial charge in [-0.25, -0.2) is 0 Å². The maximum Gasteiger partial charge on any atom is 0.309 e. The van der Waals surface area contributed by atoms with Gasteiger partial charge in [0, 0.05) is 6.42 Å². The molecule has 1 unspecified atom stereocenters. The summed E-state index contributed by atoms with van der Waals surface area (Å²) in [5.41, 5.74) is 0. The second kappa shape index (κ2) is 7.59. The van der Waals surface area contributed by atoms with Gasteiger partial charge in [0.2, 0.25) is 0 Å². The molecule has 90 valence electrons. The van der Waals surface area contributed by atoms with Gasteiger partial charge < -0.3 is 4.74 Å². The average molecular weight is 276 g/mol. The first-order valence-electron chi connectivity index (χ1n) is 5.14. The summed E-state index contributed by atoms with van der Waals surface area (Å²) in [5.74, 6) is -0.574. The Morgan fingerprint density at radius 2 is 1.93 bits per heavy atom. The molecule has 0 aliphatic heterocycles. The fourth-order valence-electron chi connectivity index (χ4n) is 1.29. The van der Waals surface area contributed by atoms with Crippen molar-refractivity contribution in [3.8, 4) is 0 Å². The lowest BCUT2D eigenvalue weighted by molar-refractivity contribution is -0.148. The highest BCUT2D eigenvalue weighted by atomic mass is 35.6. The Bertz CT molecular complexity index is 190. The van der Waals surface area contributed by atoms with Gasteiger partial charge >= 0.3 is 5.97 Å². The average Bonchev–Trinajstić information content (AvgIpc) is 2.10. The fourth-order valence-corrected chi connectivity index (χ4v) is 1.85. The Morgan fingerprint density at radius 3 is 2.33 bits per heavy atom. The van der Waals surface area contributed by atoms with E-state index in [2.05, 4.69) is 6.92 Å². The first kappa shape index (κ1) is 15.3. The standard InChI is InChI=1S/C10H17Cl3O2/c1-3-5-6-8(7-10(11,12)13)9(14)15-4-2/h8H,3-7H2,1-2H3. The quantitative estimate of drug-likeness (QED) is 0.538. The van der Waals surface area contributed by atoms with Crippen LogP contribution in [0.2, 0.25) is 0 Å². The van der Waals surface area contributed by atoms with Crippen molar-refractivity contribution in [3.63, 3.8) is 0 Å². The van der Waals surface area contributed by atoms with E-state index in [0.717, 1.165) is 12.8 Å². The number of alkyl halides is 3. The molecular formula is C10H17Cl3O2. The van der Waals surface area contributed by atoms with E-state index in [1.807, 2.05) is 0 Å². The molecule has 0 aromatic carbocycles. The fraction of sp³-hybridized carbons (Fsp3) is 0.900. The second-order valence-electron chi connectivity index (χ2n) is 3.41. The topological polar surface area (TPSA) is 26.3 Å². The molecule has 0 aromatic heterocycles. The van der Waals surface area contributed by atoms with Gasteiger partial charge in [-0.15, -0.1) is 0 Å². The predicted molar refractivity (Wildman–Crippen MR) is 64.6 cm³/mol. The molecule has 0 amide bonds. The highest BCUT2D eigenvalue weighted by molar-refractivity contribution is 6.67. The molecule has 1 atom stereocenters. The van der Waals surface area contributed by atoms with Gasteiger partial charge in [0.1, 0.15) is 0 Å². The first-order chi connectivity index (χ1) is 6.90. The molecule has 0 saturated carbocycles. The van der Waals surface area contributed by atoms with Crippen LogP contribution in [-0.4, -0.2) is 16.4 Å². The summed E-state index contributed by atoms with van der Waals surface area (Å²) >= 11 is 17.0. The third-order valence-corrected chi connectivity index (χ3v) is 2.47. The number of carbonyl (C=O) groups excluding carboxylic acids is 1. The van der Waals surface area contributed by atoms with Crippen molar-refractivity contribution < 1.29 is 9.53 Å². The molecule has 0 bridgehead atoms. The van der Waals surface area contributed by atoms with Crippen molar-refractivity contribution >= 4 is 40.8 Å². The Kier molecular flexibility index (Phi) is 7.76. The van der Waals surface area contributed by atoms with Gasteiger partial charge in [0.05, 0.1) is 12.5 Å². The Morgan fingerprint density at radius 1 is 1.33 bits per heavy atom. The molecule has 0 heterocycles. The predicted octanol–water partition coefficient (Wildman–Crippen LogP) is 4.12. The highest BCUT2D eigenvalue weighted by Gasteiger charge is 2.30. The number of rotatable bonds is 6. The van der Waals surface area contributed by atoms with Crippen molar-refractivity contribution in [2.24, 2.45) is 5.92 Å². The van der Waals surface area contributed by atoms with Crippen molar-refractivity contribution in [2.45, 2.75) is 43.3 Å². The van der Waals surface area contributed by atoms with E-state index in [0.29, 0.717) is 13.0 Å². The number of unbranched alkanes of at least 4 members (excludes halogenated alkanes) is 1. The number of hydrogen-bond donors (Lipinski definition) is 0. The van der Waals surface area contributed by atoms with Crippen LogP contribution in [0.4, 0.5) is 0 Å². The van der Waals surface area contributed by atoms with E-state index in [-0.39, 0.29) is 18.3 Å². The minimum absolute atomic E-state index is 0.219. The maximum absolute atomic E-state index is 11.5. The first-order valence-corrected chi connectivity index (χ1v) is 6.27. The third-order valence-electron chi connectivity index (χ3n) is 2.00. The SMILES string of the molecule is CCCCC(CC(Cl)(Cl)Cl)C(=O)OCC. The molecule has 0 aliphatic carbocycles. The Labute approximate surface area is 106 Å². The molecule has 0 radical (unpaired) electrons. The van der Waals surface area contributed by atoms with Gasteiger partial charge in [0.15, 0.2) is 3.79 Å². The van der Waals surface area contributed by atoms with Crippen molar-refractivity contribution in [3.05, 3.63) is 0 Å². The summed E-state index contributed by atoms with van der Waals surface area (Å²) in [6.07, 6.45) is 2.87. The van der Waals surface area contributed by atoms with Crippen molar-refractivity contribution in [1.82, 2.24) is 0 Å². The highest BCUT2D eigenvalue weighted by Crippen LogP contribution is 2.35. The lowest BCUT2D eigenvalue weighted by Crippen LogP contribution is -2.23. The number of halogens is 3. The van der Waals surface area contributed by atoms with Crippen LogP contribution >= 0.6 is 34.8 Å². The van der Waals surface area contributed by atoms with E-state index in [4.69, 9.17) is 39.5 Å². The molecule has 0 saturated heterocycles. The molecule has 0 rings (SSSR count). The van der Waals surface area contributed by atoms with Gasteiger partial charge in [-0.1, -0.05) is 54.6 Å². The second-order valence-corrected chi connectivity index (χ2v) is 5.93. The summed E-state index contributed by atoms with van der Waals surface area (Å²) in [5, 5.41) is 0. The zero-order valence-corrected chi connectivity index (χ0v) is 11.3. The number of esters is 1. The molecule has 0 N–H and O–H groups in total. The van der Waals surface area contributed by atoms with Crippen LogP contribution in [0.3, 0.4) is 0 Å². The van der Waals surface area contributed by atoms with Gasteiger partial charge in [0.25, 0.3) is 0 Å². The summed E-state index contributed by atoms with van der Waals surface area (Å²) in [6.45, 7) is 4.18. The monoisotopic (exact) mass is 274 g/mol. The maximum atomic E-state index is 11.5. The lowest BCUT2D eigenvalue weighted by Gasteiger charge is -2.19. The minimum Gasteiger partial charge on any atom is -0.466 e. The lowest BCUT2D eigenvalue weighted by atomic mass is 9.99. The number of hydrogen-bond acceptors (Lipinski definition) is 2. The summed E-state index contributed by atoms with van der Waals surface area (Å²) in [4.78, 5) is 11.5. The molecule has 0 aromatic rings. The van der Waals surface area contributed by atoms with Crippen LogP contribution < -0.4 is 0 Å². The van der Waals surface area contributed by atoms with Crippen LogP contribution in [-0.2, 0) is 9.53 Å². The van der Waals surface area contributed by atoms with Crippen LogP contribution in [0.15, 0.2) is 0 Å². The molecular weight excluding hydrogens is 258 g/mol. The normalized spacial score (nSPS) is 13.7. The van der Waals surface area contributed by atoms with E-state index >= 15 is 0 Å². The van der Waals surface area contributed by atoms with Gasteiger partial charge in [-0.2, -0.15) is 0 Å². The van der Waals surface area contributed by atoms with Crippen LogP contribution in [0, 0.1) is 5.92 Å². The molecule has 0 spiro atoms. The minimum atomic E-state index is -1.38. The third kappa shape index (κ3) is 8.18. The summed E-state index contributed by atoms with van der Waals surface area (Å²) in [6, 6.07) is 0. The van der Waals surface area contributed by atoms with E-state index in [1.54, 1.807) is 6.92 Å². The smallest absolute Gasteiger partial charge is 0.309 e. The Balaban J connectivity index is 4.23. The van der Waals surface area contributed by atoms with Crippen molar-refractivity contribution in [1.29, 1.82) is 0 Å². The van der Waals surface area contributed by atoms with Crippen LogP contribution in [0.25, 0.3) is 0 Å². The molecule has 0 aliphatic rings. The number of carbonyl (C=O) groups is 1. The summed E-state index contributed by atoms with van der Waals surface area (Å²) in [7, 11) is 0. The van der Waals surface area contributed by atoms with Gasteiger partial charge in [-0.05, 0) is 13.3 Å². The van der Waals surface area contributed by atoms with E-state index < -0.39 is 3.79 Å². The van der Waals surface area contributed by atoms with Gasteiger partial charge in [-0.3, -0.25) is 4.79 Å². The zero-order chi connectivity index (χ0) is 11.9. The molecule has 2 nitrogen and oxygen atoms in total. The molecule has 15 heavy (non-hydrogen) atoms. The van der Waals surface area contributed by atoms with Crippen LogP contribution in [0.1, 0.15) is 39.5 Å². The van der Waals surface area contributed by atoms with E-state index in [1.165, 1.54) is 0 Å².